The molecule has 1 rings (SSSR count). The first-order valence-corrected chi connectivity index (χ1v) is 7.43. The van der Waals surface area contributed by atoms with Crippen LogP contribution < -0.4 is 0 Å². The van der Waals surface area contributed by atoms with Gasteiger partial charge in [0.2, 0.25) is 0 Å². The van der Waals surface area contributed by atoms with Crippen LogP contribution in [-0.2, 0) is 4.74 Å². The van der Waals surface area contributed by atoms with Crippen molar-refractivity contribution >= 4 is 33.4 Å². The summed E-state index contributed by atoms with van der Waals surface area (Å²) < 4.78 is 5.86. The fourth-order valence-electron chi connectivity index (χ4n) is 1.73. The second kappa shape index (κ2) is 7.88. The third-order valence-electron chi connectivity index (χ3n) is 3.09. The van der Waals surface area contributed by atoms with Crippen molar-refractivity contribution in [2.45, 2.75) is 26.3 Å². The summed E-state index contributed by atoms with van der Waals surface area (Å²) in [6.45, 7) is 5.21. The lowest BCUT2D eigenvalue weighted by atomic mass is 10.1. The molecule has 0 bridgehead atoms. The van der Waals surface area contributed by atoms with E-state index in [-0.39, 0.29) is 11.9 Å². The predicted octanol–water partition coefficient (Wildman–Crippen LogP) is 3.99. The number of amides is 1. The summed E-state index contributed by atoms with van der Waals surface area (Å²) in [4.78, 5) is 14.3. The molecule has 0 spiro atoms. The molecule has 0 radical (unpaired) electrons. The van der Waals surface area contributed by atoms with Crippen molar-refractivity contribution in [1.82, 2.24) is 4.90 Å². The molecule has 1 unspecified atom stereocenters. The molecule has 0 aliphatic heterocycles. The second-order valence-corrected chi connectivity index (χ2v) is 5.64. The van der Waals surface area contributed by atoms with E-state index in [0.717, 1.165) is 10.9 Å². The molecule has 1 aromatic rings. The van der Waals surface area contributed by atoms with Crippen molar-refractivity contribution in [2.24, 2.45) is 0 Å². The fourth-order valence-corrected chi connectivity index (χ4v) is 2.15. The minimum atomic E-state index is -0.0131. The van der Waals surface area contributed by atoms with Gasteiger partial charge in [-0.3, -0.25) is 4.79 Å². The largest absolute Gasteiger partial charge is 0.383 e. The number of hydrogen-bond acceptors (Lipinski definition) is 2. The van der Waals surface area contributed by atoms with Gasteiger partial charge in [-0.25, -0.2) is 0 Å². The van der Waals surface area contributed by atoms with Crippen LogP contribution in [0.25, 0.3) is 0 Å². The number of nitrogens with zero attached hydrogens (tertiary/aromatic N) is 1. The lowest BCUT2D eigenvalue weighted by Gasteiger charge is -2.28. The summed E-state index contributed by atoms with van der Waals surface area (Å²) in [5.74, 6) is -0.0131. The molecule has 3 nitrogen and oxygen atoms in total. The summed E-state index contributed by atoms with van der Waals surface area (Å²) in [6.07, 6.45) is 0.902. The van der Waals surface area contributed by atoms with Gasteiger partial charge in [0.25, 0.3) is 5.91 Å². The SMILES string of the molecule is CCC(C)N(CCOC)C(=O)c1ccc(Br)c(Cl)c1. The van der Waals surface area contributed by atoms with Crippen molar-refractivity contribution in [3.05, 3.63) is 33.3 Å². The molecule has 106 valence electrons. The van der Waals surface area contributed by atoms with Crippen LogP contribution in [-0.4, -0.2) is 37.1 Å². The summed E-state index contributed by atoms with van der Waals surface area (Å²) in [7, 11) is 1.63. The van der Waals surface area contributed by atoms with E-state index < -0.39 is 0 Å². The van der Waals surface area contributed by atoms with Crippen molar-refractivity contribution in [2.75, 3.05) is 20.3 Å². The lowest BCUT2D eigenvalue weighted by molar-refractivity contribution is 0.0614. The molecule has 0 aliphatic carbocycles. The Morgan fingerprint density at radius 2 is 2.21 bits per heavy atom. The molecule has 19 heavy (non-hydrogen) atoms. The zero-order valence-electron chi connectivity index (χ0n) is 11.5. The Hall–Kier alpha value is -0.580. The van der Waals surface area contributed by atoms with Crippen molar-refractivity contribution in [1.29, 1.82) is 0 Å². The summed E-state index contributed by atoms with van der Waals surface area (Å²) in [6, 6.07) is 5.43. The topological polar surface area (TPSA) is 29.5 Å². The van der Waals surface area contributed by atoms with Gasteiger partial charge in [0.15, 0.2) is 0 Å². The molecule has 1 amide bonds. The molecule has 0 saturated heterocycles. The fraction of sp³-hybridized carbons (Fsp3) is 0.500. The molecular formula is C14H19BrClNO2. The monoisotopic (exact) mass is 347 g/mol. The number of carbonyl (C=O) groups excluding carboxylic acids is 1. The molecule has 0 heterocycles. The average molecular weight is 349 g/mol. The molecular weight excluding hydrogens is 330 g/mol. The van der Waals surface area contributed by atoms with E-state index in [1.165, 1.54) is 0 Å². The number of carbonyl (C=O) groups is 1. The van der Waals surface area contributed by atoms with E-state index in [2.05, 4.69) is 22.9 Å². The maximum absolute atomic E-state index is 12.5. The normalized spacial score (nSPS) is 12.3. The van der Waals surface area contributed by atoms with Gasteiger partial charge in [0.05, 0.1) is 11.6 Å². The van der Waals surface area contributed by atoms with Crippen LogP contribution in [0.4, 0.5) is 0 Å². The van der Waals surface area contributed by atoms with E-state index in [9.17, 15) is 4.79 Å². The quantitative estimate of drug-likeness (QED) is 0.778. The van der Waals surface area contributed by atoms with Crippen LogP contribution in [0.3, 0.4) is 0 Å². The van der Waals surface area contributed by atoms with Gasteiger partial charge in [-0.2, -0.15) is 0 Å². The Morgan fingerprint density at radius 3 is 2.74 bits per heavy atom. The molecule has 5 heteroatoms. The lowest BCUT2D eigenvalue weighted by Crippen LogP contribution is -2.40. The Labute approximate surface area is 128 Å². The van der Waals surface area contributed by atoms with Gasteiger partial charge in [-0.05, 0) is 47.5 Å². The molecule has 0 fully saturated rings. The molecule has 1 aromatic carbocycles. The highest BCUT2D eigenvalue weighted by atomic mass is 79.9. The maximum atomic E-state index is 12.5. The van der Waals surface area contributed by atoms with Gasteiger partial charge >= 0.3 is 0 Å². The first kappa shape index (κ1) is 16.5. The molecule has 0 N–H and O–H groups in total. The zero-order valence-corrected chi connectivity index (χ0v) is 13.8. The Kier molecular flexibility index (Phi) is 6.83. The van der Waals surface area contributed by atoms with Crippen LogP contribution in [0.5, 0.6) is 0 Å². The molecule has 0 saturated carbocycles. The third-order valence-corrected chi connectivity index (χ3v) is 4.32. The van der Waals surface area contributed by atoms with E-state index in [4.69, 9.17) is 16.3 Å². The highest BCUT2D eigenvalue weighted by molar-refractivity contribution is 9.10. The highest BCUT2D eigenvalue weighted by Gasteiger charge is 2.20. The Morgan fingerprint density at radius 1 is 1.53 bits per heavy atom. The van der Waals surface area contributed by atoms with Crippen LogP contribution >= 0.6 is 27.5 Å². The summed E-state index contributed by atoms with van der Waals surface area (Å²) >= 11 is 9.36. The maximum Gasteiger partial charge on any atom is 0.254 e. The predicted molar refractivity (Wildman–Crippen MR) is 81.8 cm³/mol. The number of benzene rings is 1. The van der Waals surface area contributed by atoms with Gasteiger partial charge < -0.3 is 9.64 Å². The number of halogens is 2. The summed E-state index contributed by atoms with van der Waals surface area (Å²) in [5.41, 5.74) is 0.601. The zero-order chi connectivity index (χ0) is 14.4. The minimum absolute atomic E-state index is 0.0131. The first-order chi connectivity index (χ1) is 9.01. The molecule has 0 aromatic heterocycles. The minimum Gasteiger partial charge on any atom is -0.383 e. The van der Waals surface area contributed by atoms with Gasteiger partial charge in [0, 0.05) is 29.7 Å². The van der Waals surface area contributed by atoms with Crippen LogP contribution in [0.15, 0.2) is 22.7 Å². The summed E-state index contributed by atoms with van der Waals surface area (Å²) in [5, 5.41) is 0.543. The first-order valence-electron chi connectivity index (χ1n) is 6.26. The number of rotatable bonds is 6. The Bertz CT molecular complexity index is 439. The number of ether oxygens (including phenoxy) is 1. The third kappa shape index (κ3) is 4.48. The van der Waals surface area contributed by atoms with Gasteiger partial charge in [0.1, 0.15) is 0 Å². The standard InChI is InChI=1S/C14H19BrClNO2/c1-4-10(2)17(7-8-19-3)14(18)11-5-6-12(15)13(16)9-11/h5-6,9-10H,4,7-8H2,1-3H3. The van der Waals surface area contributed by atoms with Gasteiger partial charge in [-0.1, -0.05) is 18.5 Å². The van der Waals surface area contributed by atoms with E-state index in [1.807, 2.05) is 11.8 Å². The smallest absolute Gasteiger partial charge is 0.254 e. The average Bonchev–Trinajstić information content (AvgIpc) is 2.41. The highest BCUT2D eigenvalue weighted by Crippen LogP contribution is 2.24. The van der Waals surface area contributed by atoms with Crippen molar-refractivity contribution in [3.63, 3.8) is 0 Å². The number of methoxy groups -OCH3 is 1. The van der Waals surface area contributed by atoms with Crippen LogP contribution in [0.2, 0.25) is 5.02 Å². The number of hydrogen-bond donors (Lipinski definition) is 0. The van der Waals surface area contributed by atoms with E-state index in [1.54, 1.807) is 25.3 Å². The van der Waals surface area contributed by atoms with Crippen molar-refractivity contribution in [3.8, 4) is 0 Å². The van der Waals surface area contributed by atoms with Crippen LogP contribution in [0, 0.1) is 0 Å². The van der Waals surface area contributed by atoms with Crippen molar-refractivity contribution < 1.29 is 9.53 Å². The van der Waals surface area contributed by atoms with E-state index in [0.29, 0.717) is 23.7 Å². The van der Waals surface area contributed by atoms with Gasteiger partial charge in [-0.15, -0.1) is 0 Å². The molecule has 1 atom stereocenters. The van der Waals surface area contributed by atoms with E-state index >= 15 is 0 Å². The second-order valence-electron chi connectivity index (χ2n) is 4.38. The van der Waals surface area contributed by atoms with Crippen LogP contribution in [0.1, 0.15) is 30.6 Å². The molecule has 0 aliphatic rings. The Balaban J connectivity index is 2.94.